The Morgan fingerprint density at radius 3 is 1.76 bits per heavy atom. The van der Waals surface area contributed by atoms with E-state index >= 15 is 0 Å². The second-order valence-electron chi connectivity index (χ2n) is 2.93. The second-order valence-corrected chi connectivity index (χ2v) is 2.93. The fourth-order valence-corrected chi connectivity index (χ4v) is 1.04. The number of pyridine rings is 1. The topological polar surface area (TPSA) is 12.9 Å². The fourth-order valence-electron chi connectivity index (χ4n) is 1.04. The van der Waals surface area contributed by atoms with Crippen molar-refractivity contribution in [3.05, 3.63) is 29.1 Å². The van der Waals surface area contributed by atoms with Crippen molar-refractivity contribution < 1.29 is 35.1 Å². The van der Waals surface area contributed by atoms with Crippen LogP contribution in [0.4, 0.5) is 35.1 Å². The molecule has 0 aliphatic rings. The number of alkyl halides is 8. The summed E-state index contributed by atoms with van der Waals surface area (Å²) in [5, 5.41) is 0. The predicted molar refractivity (Wildman–Crippen MR) is 39.2 cm³/mol. The molecule has 0 saturated carbocycles. The zero-order valence-electron chi connectivity index (χ0n) is 7.70. The van der Waals surface area contributed by atoms with E-state index in [0.29, 0.717) is 0 Å². The van der Waals surface area contributed by atoms with Crippen molar-refractivity contribution in [2.75, 3.05) is 0 Å². The quantitative estimate of drug-likeness (QED) is 0.698. The first-order valence-electron chi connectivity index (χ1n) is 3.97. The molecule has 0 atom stereocenters. The van der Waals surface area contributed by atoms with Crippen LogP contribution in [-0.4, -0.2) is 4.98 Å². The zero-order chi connectivity index (χ0) is 13.4. The highest BCUT2D eigenvalue weighted by Gasteiger charge is 2.40. The van der Waals surface area contributed by atoms with Gasteiger partial charge in [0.15, 0.2) is 0 Å². The summed E-state index contributed by atoms with van der Waals surface area (Å²) in [5.74, 6) is 0. The van der Waals surface area contributed by atoms with Gasteiger partial charge < -0.3 is 0 Å². The molecule has 0 unspecified atom stereocenters. The molecule has 0 aliphatic heterocycles. The van der Waals surface area contributed by atoms with Gasteiger partial charge >= 0.3 is 12.4 Å². The maximum absolute atomic E-state index is 12.2. The van der Waals surface area contributed by atoms with Gasteiger partial charge in [0.2, 0.25) is 0 Å². The summed E-state index contributed by atoms with van der Waals surface area (Å²) in [5.41, 5.74) is -5.59. The lowest BCUT2D eigenvalue weighted by Crippen LogP contribution is -2.16. The molecule has 1 rings (SSSR count). The first kappa shape index (κ1) is 13.7. The van der Waals surface area contributed by atoms with Crippen molar-refractivity contribution in [1.82, 2.24) is 4.98 Å². The van der Waals surface area contributed by atoms with Gasteiger partial charge in [-0.1, -0.05) is 0 Å². The van der Waals surface area contributed by atoms with Crippen LogP contribution in [0.5, 0.6) is 0 Å². The molecule has 1 aromatic rings. The van der Waals surface area contributed by atoms with Crippen LogP contribution in [0.1, 0.15) is 23.4 Å². The van der Waals surface area contributed by atoms with Crippen LogP contribution in [0.2, 0.25) is 0 Å². The van der Waals surface area contributed by atoms with Crippen LogP contribution in [0.15, 0.2) is 12.1 Å². The van der Waals surface area contributed by atoms with Gasteiger partial charge in [-0.05, 0) is 12.1 Å². The monoisotopic (exact) mass is 265 g/mol. The maximum atomic E-state index is 12.2. The highest BCUT2D eigenvalue weighted by Crippen LogP contribution is 2.37. The maximum Gasteiger partial charge on any atom is 0.433 e. The number of hydrogen-bond acceptors (Lipinski definition) is 1. The lowest BCUT2D eigenvalue weighted by atomic mass is 10.1. The minimum Gasteiger partial charge on any atom is -0.242 e. The van der Waals surface area contributed by atoms with Crippen LogP contribution in [-0.2, 0) is 12.4 Å². The number of rotatable bonds is 1. The minimum absolute atomic E-state index is 0.00863. The normalized spacial score (nSPS) is 13.2. The Hall–Kier alpha value is -1.41. The van der Waals surface area contributed by atoms with Gasteiger partial charge in [-0.15, -0.1) is 0 Å². The molecule has 0 fully saturated rings. The Kier molecular flexibility index (Phi) is 3.30. The van der Waals surface area contributed by atoms with E-state index in [9.17, 15) is 35.1 Å². The van der Waals surface area contributed by atoms with Crippen molar-refractivity contribution in [3.63, 3.8) is 0 Å². The number of nitrogens with zero attached hydrogens (tertiary/aromatic N) is 1. The van der Waals surface area contributed by atoms with Crippen molar-refractivity contribution in [2.24, 2.45) is 0 Å². The van der Waals surface area contributed by atoms with Crippen molar-refractivity contribution >= 4 is 0 Å². The Morgan fingerprint density at radius 2 is 1.41 bits per heavy atom. The van der Waals surface area contributed by atoms with E-state index in [-0.39, 0.29) is 12.1 Å². The Balaban J connectivity index is 3.38. The Bertz CT molecular complexity index is 405. The third-order valence-corrected chi connectivity index (χ3v) is 1.73. The van der Waals surface area contributed by atoms with Gasteiger partial charge in [-0.2, -0.15) is 26.3 Å². The molecule has 1 heterocycles. The average Bonchev–Trinajstić information content (AvgIpc) is 2.14. The van der Waals surface area contributed by atoms with Crippen LogP contribution in [0, 0.1) is 0 Å². The molecule has 1 nitrogen and oxygen atoms in total. The molecule has 0 N–H and O–H groups in total. The number of halogens is 8. The molecule has 0 radical (unpaired) electrons. The SMILES string of the molecule is FC(F)c1nc(C(F)(F)F)ccc1C(F)(F)F. The predicted octanol–water partition coefficient (Wildman–Crippen LogP) is 4.06. The third-order valence-electron chi connectivity index (χ3n) is 1.73. The summed E-state index contributed by atoms with van der Waals surface area (Å²) in [6.45, 7) is 0. The summed E-state index contributed by atoms with van der Waals surface area (Å²) >= 11 is 0. The molecule has 0 aliphatic carbocycles. The van der Waals surface area contributed by atoms with E-state index in [4.69, 9.17) is 0 Å². The van der Waals surface area contributed by atoms with E-state index in [0.717, 1.165) is 0 Å². The van der Waals surface area contributed by atoms with Gasteiger partial charge in [0, 0.05) is 0 Å². The summed E-state index contributed by atoms with van der Waals surface area (Å²) in [6.07, 6.45) is -14.0. The van der Waals surface area contributed by atoms with E-state index in [1.54, 1.807) is 0 Å². The lowest BCUT2D eigenvalue weighted by Gasteiger charge is -2.13. The highest BCUT2D eigenvalue weighted by atomic mass is 19.4. The molecule has 0 bridgehead atoms. The molecule has 0 aromatic carbocycles. The van der Waals surface area contributed by atoms with Gasteiger partial charge in [-0.25, -0.2) is 13.8 Å². The van der Waals surface area contributed by atoms with E-state index < -0.39 is 35.7 Å². The number of aromatic nitrogens is 1. The van der Waals surface area contributed by atoms with Crippen molar-refractivity contribution in [2.45, 2.75) is 18.8 Å². The summed E-state index contributed by atoms with van der Waals surface area (Å²) in [7, 11) is 0. The Labute approximate surface area is 89.1 Å². The largest absolute Gasteiger partial charge is 0.433 e. The number of hydrogen-bond donors (Lipinski definition) is 0. The molecule has 0 spiro atoms. The lowest BCUT2D eigenvalue weighted by molar-refractivity contribution is -0.146. The van der Waals surface area contributed by atoms with Gasteiger partial charge in [0.25, 0.3) is 6.43 Å². The first-order chi connectivity index (χ1) is 7.53. The van der Waals surface area contributed by atoms with Crippen molar-refractivity contribution in [3.8, 4) is 0 Å². The first-order valence-corrected chi connectivity index (χ1v) is 3.97. The zero-order valence-corrected chi connectivity index (χ0v) is 7.70. The summed E-state index contributed by atoms with van der Waals surface area (Å²) < 4.78 is 97.2. The summed E-state index contributed by atoms with van der Waals surface area (Å²) in [4.78, 5) is 2.31. The third kappa shape index (κ3) is 3.04. The fraction of sp³-hybridized carbons (Fsp3) is 0.375. The second kappa shape index (κ2) is 4.11. The Morgan fingerprint density at radius 1 is 0.882 bits per heavy atom. The van der Waals surface area contributed by atoms with E-state index in [2.05, 4.69) is 4.98 Å². The van der Waals surface area contributed by atoms with Crippen LogP contribution >= 0.6 is 0 Å². The molecule has 1 aromatic heterocycles. The van der Waals surface area contributed by atoms with Crippen LogP contribution in [0.3, 0.4) is 0 Å². The van der Waals surface area contributed by atoms with E-state index in [1.165, 1.54) is 0 Å². The molecule has 0 saturated heterocycles. The average molecular weight is 265 g/mol. The van der Waals surface area contributed by atoms with E-state index in [1.807, 2.05) is 0 Å². The van der Waals surface area contributed by atoms with Crippen molar-refractivity contribution in [1.29, 1.82) is 0 Å². The van der Waals surface area contributed by atoms with Gasteiger partial charge in [0.1, 0.15) is 11.4 Å². The van der Waals surface area contributed by atoms with Crippen LogP contribution in [0.25, 0.3) is 0 Å². The summed E-state index contributed by atoms with van der Waals surface area (Å²) in [6, 6.07) is -0.0496. The molecular weight excluding hydrogens is 262 g/mol. The smallest absolute Gasteiger partial charge is 0.242 e. The molecule has 0 amide bonds. The van der Waals surface area contributed by atoms with Gasteiger partial charge in [0.05, 0.1) is 5.56 Å². The molecule has 9 heteroatoms. The van der Waals surface area contributed by atoms with Gasteiger partial charge in [-0.3, -0.25) is 0 Å². The minimum atomic E-state index is -5.18. The standard InChI is InChI=1S/C8H3F8N/c9-6(10)5-3(7(11,12)13)1-2-4(17-5)8(14,15)16/h1-2,6H. The molecular formula is C8H3F8N. The molecule has 96 valence electrons. The van der Waals surface area contributed by atoms with Crippen LogP contribution < -0.4 is 0 Å². The molecule has 17 heavy (non-hydrogen) atoms. The highest BCUT2D eigenvalue weighted by molar-refractivity contribution is 5.27.